The Labute approximate surface area is 145 Å². The van der Waals surface area contributed by atoms with Crippen molar-refractivity contribution in [2.75, 3.05) is 46.1 Å². The smallest absolute Gasteiger partial charge is 0.327 e. The predicted molar refractivity (Wildman–Crippen MR) is 94.3 cm³/mol. The number of carbonyl (C=O) groups excluding carboxylic acids is 2. The van der Waals surface area contributed by atoms with Crippen LogP contribution in [-0.2, 0) is 23.8 Å². The zero-order valence-electron chi connectivity index (χ0n) is 14.2. The Morgan fingerprint density at radius 2 is 1.56 bits per heavy atom. The van der Waals surface area contributed by atoms with Crippen molar-refractivity contribution >= 4 is 36.1 Å². The van der Waals surface area contributed by atoms with Crippen LogP contribution in [0.3, 0.4) is 0 Å². The molecule has 0 aromatic heterocycles. The molecular weight excluding hydrogens is 332 g/mol. The topological polar surface area (TPSA) is 163 Å². The highest BCUT2D eigenvalue weighted by Crippen LogP contribution is 1.85. The Morgan fingerprint density at radius 3 is 2.04 bits per heavy atom. The fourth-order valence-corrected chi connectivity index (χ4v) is 1.32. The number of ether oxygens (including phenoxy) is 3. The Bertz CT molecular complexity index is 504. The molecule has 0 bridgehead atoms. The van der Waals surface area contributed by atoms with Gasteiger partial charge in [-0.2, -0.15) is 10.2 Å². The number of rotatable bonds is 14. The summed E-state index contributed by atoms with van der Waals surface area (Å²) in [5.41, 5.74) is 0.770. The van der Waals surface area contributed by atoms with Crippen LogP contribution in [0.15, 0.2) is 20.2 Å². The normalized spacial score (nSPS) is 12.8. The summed E-state index contributed by atoms with van der Waals surface area (Å²) in [7, 11) is 0. The maximum atomic E-state index is 11.1. The zero-order valence-corrected chi connectivity index (χ0v) is 14.2. The fourth-order valence-electron chi connectivity index (χ4n) is 1.32. The lowest BCUT2D eigenvalue weighted by molar-refractivity contribution is -0.141. The Balaban J connectivity index is 3.89. The summed E-state index contributed by atoms with van der Waals surface area (Å²) in [5, 5.41) is 6.97. The SMILES string of the molecule is CCOC(=O)CN=CC(COCCOCC(C=NCC=O)=NN)=NN. The van der Waals surface area contributed by atoms with E-state index in [0.29, 0.717) is 24.3 Å². The van der Waals surface area contributed by atoms with Gasteiger partial charge in [-0.15, -0.1) is 0 Å². The first kappa shape index (κ1) is 22.3. The molecule has 0 radical (unpaired) electrons. The summed E-state index contributed by atoms with van der Waals surface area (Å²) < 4.78 is 15.3. The molecule has 0 aromatic carbocycles. The molecule has 4 N–H and O–H groups in total. The Kier molecular flexibility index (Phi) is 14.5. The molecule has 140 valence electrons. The maximum Gasteiger partial charge on any atom is 0.327 e. The molecule has 0 aromatic rings. The van der Waals surface area contributed by atoms with Gasteiger partial charge in [0.1, 0.15) is 24.3 Å². The molecule has 0 amide bonds. The van der Waals surface area contributed by atoms with Crippen LogP contribution < -0.4 is 11.7 Å². The van der Waals surface area contributed by atoms with Crippen molar-refractivity contribution in [3.8, 4) is 0 Å². The standard InChI is InChI=1S/C14H24N6O5/c1-2-25-14(22)9-18-8-13(20-16)11-24-6-5-23-10-12(19-15)7-17-3-4-21/h4,7-8H,2-3,5-6,9-11,15-16H2,1H3. The number of hydrogen-bond donors (Lipinski definition) is 2. The van der Waals surface area contributed by atoms with Gasteiger partial charge in [0.05, 0.1) is 39.6 Å². The van der Waals surface area contributed by atoms with Crippen molar-refractivity contribution in [1.82, 2.24) is 0 Å². The van der Waals surface area contributed by atoms with E-state index in [1.807, 2.05) is 0 Å². The number of carbonyl (C=O) groups is 2. The molecule has 0 rings (SSSR count). The van der Waals surface area contributed by atoms with E-state index in [-0.39, 0.29) is 39.5 Å². The van der Waals surface area contributed by atoms with E-state index >= 15 is 0 Å². The van der Waals surface area contributed by atoms with E-state index in [2.05, 4.69) is 20.2 Å². The molecule has 0 unspecified atom stereocenters. The minimum Gasteiger partial charge on any atom is -0.465 e. The molecule has 0 heterocycles. The van der Waals surface area contributed by atoms with Crippen LogP contribution in [0.2, 0.25) is 0 Å². The first-order valence-corrected chi connectivity index (χ1v) is 7.45. The van der Waals surface area contributed by atoms with E-state index < -0.39 is 5.97 Å². The van der Waals surface area contributed by atoms with Gasteiger partial charge in [-0.05, 0) is 6.92 Å². The Morgan fingerprint density at radius 1 is 1.00 bits per heavy atom. The summed E-state index contributed by atoms with van der Waals surface area (Å²) in [5.74, 6) is 9.93. The van der Waals surface area contributed by atoms with Crippen LogP contribution in [-0.4, -0.2) is 82.2 Å². The van der Waals surface area contributed by atoms with Gasteiger partial charge < -0.3 is 30.7 Å². The molecule has 0 aliphatic carbocycles. The highest BCUT2D eigenvalue weighted by molar-refractivity contribution is 6.31. The van der Waals surface area contributed by atoms with Gasteiger partial charge in [-0.25, -0.2) is 0 Å². The van der Waals surface area contributed by atoms with E-state index in [0.717, 1.165) is 0 Å². The first-order valence-electron chi connectivity index (χ1n) is 7.45. The van der Waals surface area contributed by atoms with E-state index in [1.54, 1.807) is 6.92 Å². The van der Waals surface area contributed by atoms with Crippen molar-refractivity contribution in [2.24, 2.45) is 31.9 Å². The lowest BCUT2D eigenvalue weighted by atomic mass is 10.4. The highest BCUT2D eigenvalue weighted by atomic mass is 16.5. The van der Waals surface area contributed by atoms with Crippen molar-refractivity contribution in [3.05, 3.63) is 0 Å². The molecular formula is C14H24N6O5. The molecule has 0 fully saturated rings. The molecule has 25 heavy (non-hydrogen) atoms. The number of hydrogen-bond acceptors (Lipinski definition) is 11. The highest BCUT2D eigenvalue weighted by Gasteiger charge is 2.01. The van der Waals surface area contributed by atoms with Gasteiger partial charge >= 0.3 is 5.97 Å². The van der Waals surface area contributed by atoms with Crippen molar-refractivity contribution < 1.29 is 23.8 Å². The summed E-state index contributed by atoms with van der Waals surface area (Å²) >= 11 is 0. The van der Waals surface area contributed by atoms with Crippen LogP contribution >= 0.6 is 0 Å². The quantitative estimate of drug-likeness (QED) is 0.0960. The number of nitrogens with two attached hydrogens (primary N) is 2. The Hall–Kier alpha value is -2.66. The number of esters is 1. The third-order valence-corrected chi connectivity index (χ3v) is 2.39. The molecule has 11 nitrogen and oxygen atoms in total. The number of aliphatic imine (C=N–C) groups is 2. The van der Waals surface area contributed by atoms with Gasteiger partial charge in [0.15, 0.2) is 0 Å². The summed E-state index contributed by atoms with van der Waals surface area (Å²) in [6.45, 7) is 2.75. The second-order valence-electron chi connectivity index (χ2n) is 4.28. The minimum atomic E-state index is -0.432. The predicted octanol–water partition coefficient (Wildman–Crippen LogP) is -1.45. The largest absolute Gasteiger partial charge is 0.465 e. The molecule has 0 saturated carbocycles. The average Bonchev–Trinajstić information content (AvgIpc) is 2.61. The zero-order chi connectivity index (χ0) is 18.8. The third kappa shape index (κ3) is 13.5. The molecule has 11 heteroatoms. The molecule has 0 aliphatic heterocycles. The van der Waals surface area contributed by atoms with Crippen molar-refractivity contribution in [3.63, 3.8) is 0 Å². The summed E-state index contributed by atoms with van der Waals surface area (Å²) in [6, 6.07) is 0. The van der Waals surface area contributed by atoms with Gasteiger partial charge in [-0.3, -0.25) is 14.8 Å². The first-order chi connectivity index (χ1) is 12.2. The molecule has 0 aliphatic rings. The molecule has 0 atom stereocenters. The summed E-state index contributed by atoms with van der Waals surface area (Å²) in [4.78, 5) is 28.9. The van der Waals surface area contributed by atoms with E-state index in [4.69, 9.17) is 25.9 Å². The van der Waals surface area contributed by atoms with E-state index in [1.165, 1.54) is 12.4 Å². The van der Waals surface area contributed by atoms with Gasteiger partial charge in [0, 0.05) is 12.4 Å². The molecule has 0 spiro atoms. The number of nitrogens with zero attached hydrogens (tertiary/aromatic N) is 4. The average molecular weight is 356 g/mol. The lowest BCUT2D eigenvalue weighted by Gasteiger charge is -2.05. The number of hydrazone groups is 2. The van der Waals surface area contributed by atoms with Crippen LogP contribution in [0, 0.1) is 0 Å². The van der Waals surface area contributed by atoms with Gasteiger partial charge in [-0.1, -0.05) is 0 Å². The van der Waals surface area contributed by atoms with Crippen LogP contribution in [0.1, 0.15) is 6.92 Å². The van der Waals surface area contributed by atoms with Crippen LogP contribution in [0.4, 0.5) is 0 Å². The number of aldehydes is 1. The van der Waals surface area contributed by atoms with Crippen molar-refractivity contribution in [2.45, 2.75) is 6.92 Å². The third-order valence-electron chi connectivity index (χ3n) is 2.39. The van der Waals surface area contributed by atoms with Gasteiger partial charge in [0.25, 0.3) is 0 Å². The van der Waals surface area contributed by atoms with Crippen molar-refractivity contribution in [1.29, 1.82) is 0 Å². The second-order valence-corrected chi connectivity index (χ2v) is 4.28. The monoisotopic (exact) mass is 356 g/mol. The summed E-state index contributed by atoms with van der Waals surface area (Å²) in [6.07, 6.45) is 3.38. The fraction of sp³-hybridized carbons (Fsp3) is 0.571. The second kappa shape index (κ2) is 16.2. The minimum absolute atomic E-state index is 0.0427. The van der Waals surface area contributed by atoms with Crippen LogP contribution in [0.25, 0.3) is 0 Å². The lowest BCUT2D eigenvalue weighted by Crippen LogP contribution is -2.18. The maximum absolute atomic E-state index is 11.1. The van der Waals surface area contributed by atoms with Crippen LogP contribution in [0.5, 0.6) is 0 Å². The van der Waals surface area contributed by atoms with Gasteiger partial charge in [0.2, 0.25) is 0 Å². The molecule has 0 saturated heterocycles. The van der Waals surface area contributed by atoms with E-state index in [9.17, 15) is 9.59 Å².